The zero-order valence-corrected chi connectivity index (χ0v) is 16.7. The second-order valence-corrected chi connectivity index (χ2v) is 8.91. The van der Waals surface area contributed by atoms with Gasteiger partial charge in [-0.2, -0.15) is 0 Å². The number of hydrogen-bond acceptors (Lipinski definition) is 4. The smallest absolute Gasteiger partial charge is 0.345 e. The van der Waals surface area contributed by atoms with Crippen LogP contribution in [0.2, 0.25) is 5.02 Å². The first-order valence-corrected chi connectivity index (χ1v) is 10.6. The molecule has 3 fully saturated rings. The van der Waals surface area contributed by atoms with Crippen molar-refractivity contribution in [1.82, 2.24) is 0 Å². The van der Waals surface area contributed by atoms with E-state index in [4.69, 9.17) is 16.3 Å². The maximum Gasteiger partial charge on any atom is 0.345 e. The van der Waals surface area contributed by atoms with Crippen molar-refractivity contribution >= 4 is 35.1 Å². The molecule has 1 aliphatic heterocycles. The molecule has 0 N–H and O–H groups in total. The van der Waals surface area contributed by atoms with Gasteiger partial charge in [-0.05, 0) is 54.4 Å². The van der Waals surface area contributed by atoms with Crippen LogP contribution in [0.4, 0.5) is 5.69 Å². The molecular formula is C24H18ClNO4. The van der Waals surface area contributed by atoms with Crippen LogP contribution in [0.25, 0.3) is 0 Å². The maximum absolute atomic E-state index is 13.4. The minimum atomic E-state index is -0.632. The SMILES string of the molecule is O=C(Oc1ccccc1N1C(=O)C2C3C=CC(C4CC34)C2C1=O)c1ccccc1Cl. The Hall–Kier alpha value is -2.92. The Morgan fingerprint density at radius 2 is 1.50 bits per heavy atom. The average molecular weight is 420 g/mol. The molecule has 2 aromatic carbocycles. The van der Waals surface area contributed by atoms with Crippen molar-refractivity contribution in [2.45, 2.75) is 6.42 Å². The molecule has 5 nitrogen and oxygen atoms in total. The first-order valence-electron chi connectivity index (χ1n) is 10.2. The summed E-state index contributed by atoms with van der Waals surface area (Å²) in [5, 5.41) is 0.279. The Bertz CT molecular complexity index is 1110. The average Bonchev–Trinajstić information content (AvgIpc) is 3.53. The van der Waals surface area contributed by atoms with E-state index in [9.17, 15) is 14.4 Å². The van der Waals surface area contributed by atoms with Crippen LogP contribution >= 0.6 is 11.6 Å². The highest BCUT2D eigenvalue weighted by Gasteiger charge is 2.67. The molecule has 7 rings (SSSR count). The van der Waals surface area contributed by atoms with Gasteiger partial charge in [-0.25, -0.2) is 9.69 Å². The molecule has 1 saturated heterocycles. The van der Waals surface area contributed by atoms with Crippen LogP contribution in [-0.2, 0) is 9.59 Å². The van der Waals surface area contributed by atoms with Gasteiger partial charge < -0.3 is 4.74 Å². The Labute approximate surface area is 178 Å². The van der Waals surface area contributed by atoms with Crippen LogP contribution < -0.4 is 9.64 Å². The molecular weight excluding hydrogens is 402 g/mol. The largest absolute Gasteiger partial charge is 0.421 e. The van der Waals surface area contributed by atoms with E-state index in [1.165, 1.54) is 4.90 Å². The lowest BCUT2D eigenvalue weighted by atomic mass is 9.63. The molecule has 30 heavy (non-hydrogen) atoms. The zero-order chi connectivity index (χ0) is 20.6. The normalized spacial score (nSPS) is 32.8. The third-order valence-corrected chi connectivity index (χ3v) is 7.39. The van der Waals surface area contributed by atoms with Crippen LogP contribution in [0.15, 0.2) is 60.7 Å². The predicted octanol–water partition coefficient (Wildman–Crippen LogP) is 4.12. The number of allylic oxidation sites excluding steroid dienone is 2. The number of nitrogens with zero attached hydrogens (tertiary/aromatic N) is 1. The second kappa shape index (κ2) is 6.29. The van der Waals surface area contributed by atoms with E-state index < -0.39 is 5.97 Å². The van der Waals surface area contributed by atoms with Gasteiger partial charge in [0.15, 0.2) is 5.75 Å². The number of anilines is 1. The Morgan fingerprint density at radius 3 is 2.17 bits per heavy atom. The molecule has 2 saturated carbocycles. The number of halogens is 1. The fraction of sp³-hybridized carbons (Fsp3) is 0.292. The monoisotopic (exact) mass is 419 g/mol. The van der Waals surface area contributed by atoms with Crippen LogP contribution in [0.5, 0.6) is 5.75 Å². The molecule has 2 amide bonds. The number of carbonyl (C=O) groups excluding carboxylic acids is 3. The number of imide groups is 1. The van der Waals surface area contributed by atoms with Crippen molar-refractivity contribution in [3.8, 4) is 5.75 Å². The third kappa shape index (κ3) is 2.39. The number of para-hydroxylation sites is 2. The molecule has 4 aliphatic carbocycles. The fourth-order valence-corrected chi connectivity index (χ4v) is 5.92. The highest BCUT2D eigenvalue weighted by atomic mass is 35.5. The fourth-order valence-electron chi connectivity index (χ4n) is 5.70. The van der Waals surface area contributed by atoms with Crippen molar-refractivity contribution in [1.29, 1.82) is 0 Å². The van der Waals surface area contributed by atoms with Gasteiger partial charge in [-0.1, -0.05) is 48.0 Å². The summed E-state index contributed by atoms with van der Waals surface area (Å²) in [5.41, 5.74) is 0.541. The minimum Gasteiger partial charge on any atom is -0.421 e. The van der Waals surface area contributed by atoms with Crippen LogP contribution in [-0.4, -0.2) is 17.8 Å². The van der Waals surface area contributed by atoms with E-state index in [1.54, 1.807) is 48.5 Å². The molecule has 6 atom stereocenters. The summed E-state index contributed by atoms with van der Waals surface area (Å²) >= 11 is 6.11. The number of amides is 2. The lowest BCUT2D eigenvalue weighted by molar-refractivity contribution is -0.124. The summed E-state index contributed by atoms with van der Waals surface area (Å²) in [4.78, 5) is 40.7. The summed E-state index contributed by atoms with van der Waals surface area (Å²) in [5.74, 6) is -0.0779. The van der Waals surface area contributed by atoms with Crippen molar-refractivity contribution < 1.29 is 19.1 Å². The molecule has 5 aliphatic rings. The van der Waals surface area contributed by atoms with Crippen LogP contribution in [0.1, 0.15) is 16.8 Å². The second-order valence-electron chi connectivity index (χ2n) is 8.50. The third-order valence-electron chi connectivity index (χ3n) is 7.07. The summed E-state index contributed by atoms with van der Waals surface area (Å²) in [6, 6.07) is 13.3. The lowest BCUT2D eigenvalue weighted by Gasteiger charge is -2.37. The molecule has 2 aromatic rings. The quantitative estimate of drug-likeness (QED) is 0.325. The maximum atomic E-state index is 13.4. The van der Waals surface area contributed by atoms with Gasteiger partial charge in [0.2, 0.25) is 11.8 Å². The number of benzene rings is 2. The summed E-state index contributed by atoms with van der Waals surface area (Å²) in [6.07, 6.45) is 5.39. The van der Waals surface area contributed by atoms with Crippen molar-refractivity contribution in [2.24, 2.45) is 35.5 Å². The number of rotatable bonds is 3. The van der Waals surface area contributed by atoms with Gasteiger partial charge in [-0.3, -0.25) is 9.59 Å². The molecule has 1 heterocycles. The van der Waals surface area contributed by atoms with Crippen molar-refractivity contribution in [3.63, 3.8) is 0 Å². The molecule has 2 bridgehead atoms. The van der Waals surface area contributed by atoms with E-state index in [2.05, 4.69) is 12.2 Å². The number of carbonyl (C=O) groups is 3. The van der Waals surface area contributed by atoms with Crippen LogP contribution in [0.3, 0.4) is 0 Å². The number of esters is 1. The van der Waals surface area contributed by atoms with Crippen molar-refractivity contribution in [3.05, 3.63) is 71.3 Å². The van der Waals surface area contributed by atoms with Gasteiger partial charge in [0.05, 0.1) is 28.1 Å². The molecule has 0 radical (unpaired) electrons. The van der Waals surface area contributed by atoms with E-state index in [0.29, 0.717) is 17.5 Å². The van der Waals surface area contributed by atoms with E-state index in [1.807, 2.05) is 0 Å². The Kier molecular flexibility index (Phi) is 3.75. The summed E-state index contributed by atoms with van der Waals surface area (Å²) in [6.45, 7) is 0. The van der Waals surface area contributed by atoms with Gasteiger partial charge in [0.25, 0.3) is 0 Å². The molecule has 6 unspecified atom stereocenters. The minimum absolute atomic E-state index is 0.143. The number of ether oxygens (including phenoxy) is 1. The van der Waals surface area contributed by atoms with E-state index in [-0.39, 0.29) is 51.8 Å². The van der Waals surface area contributed by atoms with Gasteiger partial charge >= 0.3 is 5.97 Å². The summed E-state index contributed by atoms with van der Waals surface area (Å²) in [7, 11) is 0. The highest BCUT2D eigenvalue weighted by molar-refractivity contribution is 6.33. The van der Waals surface area contributed by atoms with E-state index in [0.717, 1.165) is 6.42 Å². The topological polar surface area (TPSA) is 63.7 Å². The molecule has 150 valence electrons. The first-order chi connectivity index (χ1) is 14.6. The lowest BCUT2D eigenvalue weighted by Crippen LogP contribution is -2.40. The van der Waals surface area contributed by atoms with E-state index >= 15 is 0 Å². The summed E-state index contributed by atoms with van der Waals surface area (Å²) < 4.78 is 5.59. The van der Waals surface area contributed by atoms with Gasteiger partial charge in [0.1, 0.15) is 0 Å². The molecule has 0 aromatic heterocycles. The predicted molar refractivity (Wildman–Crippen MR) is 110 cm³/mol. The van der Waals surface area contributed by atoms with Crippen LogP contribution in [0, 0.1) is 35.5 Å². The van der Waals surface area contributed by atoms with Crippen molar-refractivity contribution in [2.75, 3.05) is 4.90 Å². The first kappa shape index (κ1) is 17.9. The molecule has 6 heteroatoms. The Morgan fingerprint density at radius 1 is 0.900 bits per heavy atom. The van der Waals surface area contributed by atoms with Gasteiger partial charge in [0, 0.05) is 0 Å². The molecule has 0 spiro atoms. The van der Waals surface area contributed by atoms with Gasteiger partial charge in [-0.15, -0.1) is 0 Å². The standard InChI is InChI=1S/C24H18ClNO4/c25-17-6-2-1-5-14(17)24(29)30-19-8-4-3-7-18(19)26-22(27)20-12-9-10-13(16-11-15(12)16)21(20)23(26)28/h1-10,12-13,15-16,20-21H,11H2. The Balaban J connectivity index is 1.35. The number of hydrogen-bond donors (Lipinski definition) is 0. The zero-order valence-electron chi connectivity index (χ0n) is 15.9. The highest BCUT2D eigenvalue weighted by Crippen LogP contribution is 2.65.